The van der Waals surface area contributed by atoms with E-state index < -0.39 is 32.0 Å². The van der Waals surface area contributed by atoms with Gasteiger partial charge >= 0.3 is 23.7 Å². The molecule has 0 bridgehead atoms. The van der Waals surface area contributed by atoms with E-state index in [2.05, 4.69) is 9.47 Å². The molecule has 1 atom stereocenters. The molecule has 0 saturated carbocycles. The average molecular weight is 344 g/mol. The van der Waals surface area contributed by atoms with E-state index in [0.717, 1.165) is 0 Å². The molecule has 0 aromatic carbocycles. The Morgan fingerprint density at radius 3 is 1.82 bits per heavy atom. The Morgan fingerprint density at radius 1 is 1.05 bits per heavy atom. The van der Waals surface area contributed by atoms with Crippen LogP contribution in [0.1, 0.15) is 20.8 Å². The van der Waals surface area contributed by atoms with Crippen molar-refractivity contribution in [1.82, 2.24) is 0 Å². The maximum absolute atomic E-state index is 13.5. The zero-order valence-corrected chi connectivity index (χ0v) is 14.7. The average Bonchev–Trinajstić information content (AvgIpc) is 2.30. The number of carbonyl (C=O) groups is 2. The number of ether oxygens (including phenoxy) is 2. The van der Waals surface area contributed by atoms with E-state index in [-0.39, 0.29) is 19.1 Å². The lowest BCUT2D eigenvalue weighted by Crippen LogP contribution is -2.64. The third-order valence-corrected chi connectivity index (χ3v) is 3.18. The summed E-state index contributed by atoms with van der Waals surface area (Å²) < 4.78 is 54.7. The normalized spacial score (nSPS) is 15.4. The number of carbonyl (C=O) groups excluding carboxylic acids is 2. The van der Waals surface area contributed by atoms with Crippen LogP contribution in [0.2, 0.25) is 19.6 Å². The van der Waals surface area contributed by atoms with Gasteiger partial charge in [-0.3, -0.25) is 0 Å². The van der Waals surface area contributed by atoms with E-state index in [1.807, 2.05) is 0 Å². The van der Waals surface area contributed by atoms with Gasteiger partial charge in [0.15, 0.2) is 8.32 Å². The van der Waals surface area contributed by atoms with Gasteiger partial charge in [0, 0.05) is 0 Å². The minimum absolute atomic E-state index is 0.191. The maximum Gasteiger partial charge on any atom is 0.438 e. The predicted octanol–water partition coefficient (Wildman–Crippen LogP) is 2.90. The summed E-state index contributed by atoms with van der Waals surface area (Å²) in [5, 5.41) is 0. The molecule has 0 radical (unpaired) electrons. The second-order valence-corrected chi connectivity index (χ2v) is 10.5. The Bertz CT molecular complexity index is 403. The van der Waals surface area contributed by atoms with Gasteiger partial charge in [0.2, 0.25) is 0 Å². The maximum atomic E-state index is 13.5. The molecule has 130 valence electrons. The molecule has 0 aliphatic carbocycles. The summed E-state index contributed by atoms with van der Waals surface area (Å²) >= 11 is 0. The van der Waals surface area contributed by atoms with E-state index >= 15 is 0 Å². The Hall–Kier alpha value is -1.09. The number of rotatable bonds is 7. The molecule has 0 N–H and O–H groups in total. The van der Waals surface area contributed by atoms with E-state index in [1.54, 1.807) is 13.8 Å². The summed E-state index contributed by atoms with van der Waals surface area (Å²) in [7, 11) is -2.93. The van der Waals surface area contributed by atoms with Crippen molar-refractivity contribution in [2.24, 2.45) is 5.92 Å². The minimum Gasteiger partial charge on any atom is -0.463 e. The van der Waals surface area contributed by atoms with E-state index in [1.165, 1.54) is 26.6 Å². The van der Waals surface area contributed by atoms with Gasteiger partial charge in [-0.15, -0.1) is 0 Å². The van der Waals surface area contributed by atoms with E-state index in [4.69, 9.17) is 4.43 Å². The fourth-order valence-electron chi connectivity index (χ4n) is 1.49. The third-order valence-electron chi connectivity index (χ3n) is 2.26. The van der Waals surface area contributed by atoms with Crippen LogP contribution in [0.3, 0.4) is 0 Å². The molecule has 9 heteroatoms. The molecule has 22 heavy (non-hydrogen) atoms. The molecular formula is C13H23F3O5Si. The minimum atomic E-state index is -5.28. The van der Waals surface area contributed by atoms with E-state index in [0.29, 0.717) is 0 Å². The fraction of sp³-hybridized carbons (Fsp3) is 0.846. The van der Waals surface area contributed by atoms with Crippen molar-refractivity contribution in [2.75, 3.05) is 13.2 Å². The highest BCUT2D eigenvalue weighted by molar-refractivity contribution is 6.70. The molecule has 0 saturated heterocycles. The lowest BCUT2D eigenvalue weighted by atomic mass is 10.0. The smallest absolute Gasteiger partial charge is 0.438 e. The zero-order valence-electron chi connectivity index (χ0n) is 13.7. The SMILES string of the molecule is CCOC(=O)C(O[Si](C)(C)C)(C(=O)OCC(C)C)C(F)(F)F. The molecule has 0 aliphatic rings. The van der Waals surface area contributed by atoms with Crippen molar-refractivity contribution in [2.45, 2.75) is 52.2 Å². The van der Waals surface area contributed by atoms with Gasteiger partial charge < -0.3 is 13.9 Å². The van der Waals surface area contributed by atoms with Gasteiger partial charge in [0.1, 0.15) is 0 Å². The number of esters is 2. The van der Waals surface area contributed by atoms with Gasteiger partial charge in [-0.1, -0.05) is 13.8 Å². The zero-order chi connectivity index (χ0) is 17.8. The largest absolute Gasteiger partial charge is 0.463 e. The van der Waals surface area contributed by atoms with Gasteiger partial charge in [-0.25, -0.2) is 9.59 Å². The van der Waals surface area contributed by atoms with Crippen molar-refractivity contribution in [3.05, 3.63) is 0 Å². The third kappa shape index (κ3) is 5.27. The first-order valence-electron chi connectivity index (χ1n) is 6.89. The molecule has 0 spiro atoms. The van der Waals surface area contributed by atoms with Crippen molar-refractivity contribution in [3.63, 3.8) is 0 Å². The number of halogens is 3. The van der Waals surface area contributed by atoms with Crippen LogP contribution in [0.4, 0.5) is 13.2 Å². The van der Waals surface area contributed by atoms with Crippen LogP contribution in [0.15, 0.2) is 0 Å². The quantitative estimate of drug-likeness (QED) is 0.404. The van der Waals surface area contributed by atoms with Crippen LogP contribution >= 0.6 is 0 Å². The molecule has 0 aliphatic heterocycles. The van der Waals surface area contributed by atoms with Crippen molar-refractivity contribution < 1.29 is 36.7 Å². The lowest BCUT2D eigenvalue weighted by molar-refractivity contribution is -0.258. The monoisotopic (exact) mass is 344 g/mol. The van der Waals surface area contributed by atoms with Crippen LogP contribution in [-0.4, -0.2) is 45.2 Å². The summed E-state index contributed by atoms with van der Waals surface area (Å²) in [5.41, 5.74) is -3.73. The Labute approximate surface area is 129 Å². The van der Waals surface area contributed by atoms with Gasteiger partial charge in [0.05, 0.1) is 13.2 Å². The number of hydrogen-bond acceptors (Lipinski definition) is 5. The topological polar surface area (TPSA) is 61.8 Å². The summed E-state index contributed by atoms with van der Waals surface area (Å²) in [5.74, 6) is -3.77. The first-order valence-corrected chi connectivity index (χ1v) is 10.3. The Kier molecular flexibility index (Phi) is 7.08. The van der Waals surface area contributed by atoms with Gasteiger partial charge in [0.25, 0.3) is 0 Å². The first-order chi connectivity index (χ1) is 9.78. The molecule has 0 aromatic rings. The van der Waals surface area contributed by atoms with Crippen molar-refractivity contribution in [1.29, 1.82) is 0 Å². The van der Waals surface area contributed by atoms with Crippen LogP contribution in [0.25, 0.3) is 0 Å². The summed E-state index contributed by atoms with van der Waals surface area (Å²) in [6.07, 6.45) is -5.28. The molecule has 0 aromatic heterocycles. The first kappa shape index (κ1) is 20.9. The molecule has 5 nitrogen and oxygen atoms in total. The molecule has 0 amide bonds. The fourth-order valence-corrected chi connectivity index (χ4v) is 2.69. The number of hydrogen-bond donors (Lipinski definition) is 0. The lowest BCUT2D eigenvalue weighted by Gasteiger charge is -2.36. The van der Waals surface area contributed by atoms with Crippen LogP contribution in [-0.2, 0) is 23.5 Å². The van der Waals surface area contributed by atoms with Crippen molar-refractivity contribution >= 4 is 20.3 Å². The van der Waals surface area contributed by atoms with Crippen LogP contribution in [0.5, 0.6) is 0 Å². The molecular weight excluding hydrogens is 321 g/mol. The van der Waals surface area contributed by atoms with Gasteiger partial charge in [-0.05, 0) is 32.5 Å². The van der Waals surface area contributed by atoms with Gasteiger partial charge in [-0.2, -0.15) is 13.2 Å². The second-order valence-electron chi connectivity index (χ2n) is 6.11. The van der Waals surface area contributed by atoms with E-state index in [9.17, 15) is 22.8 Å². The highest BCUT2D eigenvalue weighted by Crippen LogP contribution is 2.38. The Morgan fingerprint density at radius 2 is 1.50 bits per heavy atom. The van der Waals surface area contributed by atoms with Crippen molar-refractivity contribution in [3.8, 4) is 0 Å². The second kappa shape index (κ2) is 7.45. The molecule has 0 heterocycles. The highest BCUT2D eigenvalue weighted by Gasteiger charge is 2.71. The van der Waals surface area contributed by atoms with Crippen LogP contribution in [0, 0.1) is 5.92 Å². The predicted molar refractivity (Wildman–Crippen MR) is 75.6 cm³/mol. The Balaban J connectivity index is 5.86. The summed E-state index contributed by atoms with van der Waals surface area (Å²) in [4.78, 5) is 24.0. The summed E-state index contributed by atoms with van der Waals surface area (Å²) in [6.45, 7) is 8.38. The summed E-state index contributed by atoms with van der Waals surface area (Å²) in [6, 6.07) is 0. The molecule has 0 fully saturated rings. The number of alkyl halides is 3. The molecule has 0 rings (SSSR count). The molecule has 1 unspecified atom stereocenters. The van der Waals surface area contributed by atoms with Crippen LogP contribution < -0.4 is 0 Å². The standard InChI is InChI=1S/C13H23F3O5Si/c1-7-19-10(17)12(13(14,15)16,21-22(4,5)6)11(18)20-8-9(2)3/h9H,7-8H2,1-6H3. The highest BCUT2D eigenvalue weighted by atomic mass is 28.4.